The molecule has 10 nitrogen and oxygen atoms in total. The van der Waals surface area contributed by atoms with Crippen molar-refractivity contribution in [3.8, 4) is 0 Å². The zero-order chi connectivity index (χ0) is 33.2. The third-order valence-electron chi connectivity index (χ3n) is 10.1. The van der Waals surface area contributed by atoms with Gasteiger partial charge in [0.1, 0.15) is 0 Å². The molecule has 2 aromatic rings. The number of anilines is 1. The molecular formula is C35H45NO9S2. The highest BCUT2D eigenvalue weighted by molar-refractivity contribution is 7.89. The van der Waals surface area contributed by atoms with E-state index < -0.39 is 32.1 Å². The number of para-hydroxylation sites is 1. The molecule has 2 saturated heterocycles. The van der Waals surface area contributed by atoms with Crippen LogP contribution >= 0.6 is 11.3 Å². The Balaban J connectivity index is 1.34. The number of hydrogen-bond donors (Lipinski definition) is 0. The van der Waals surface area contributed by atoms with Crippen molar-refractivity contribution < 1.29 is 42.2 Å². The maximum Gasteiger partial charge on any atom is 0.239 e. The van der Waals surface area contributed by atoms with E-state index >= 15 is 0 Å². The standard InChI is InChI=1S/C35H45NO9S2/c1-23-26-20-28-29(35(4)31-30(34(28,3)47(35)39)32(37)36(33(31)38)25-8-6-5-7-9-25)22-45-19-17-43-15-13-41-11-10-40-12-14-42-16-18-44-21-27(26)24(2)46-23/h5-9,30-31H,10-22H2,1-4H3/t30?,31?,34-,35+,47?/m1/s1. The maximum atomic E-state index is 14.7. The lowest BCUT2D eigenvalue weighted by molar-refractivity contribution is -0.122. The molecule has 2 fully saturated rings. The van der Waals surface area contributed by atoms with Crippen molar-refractivity contribution in [2.45, 2.75) is 50.2 Å². The van der Waals surface area contributed by atoms with Gasteiger partial charge in [-0.3, -0.25) is 13.8 Å². The number of hydrogen-bond acceptors (Lipinski definition) is 10. The topological polar surface area (TPSA) is 110 Å². The molecule has 5 atom stereocenters. The Morgan fingerprint density at radius 2 is 1.11 bits per heavy atom. The van der Waals surface area contributed by atoms with E-state index in [0.29, 0.717) is 84.8 Å². The molecule has 47 heavy (non-hydrogen) atoms. The van der Waals surface area contributed by atoms with Gasteiger partial charge in [0.25, 0.3) is 0 Å². The van der Waals surface area contributed by atoms with Crippen molar-refractivity contribution in [1.82, 2.24) is 0 Å². The van der Waals surface area contributed by atoms with E-state index in [1.807, 2.05) is 32.0 Å². The van der Waals surface area contributed by atoms with Gasteiger partial charge in [-0.25, -0.2) is 4.90 Å². The number of thiophene rings is 1. The predicted octanol–water partition coefficient (Wildman–Crippen LogP) is 3.92. The van der Waals surface area contributed by atoms with Crippen molar-refractivity contribution in [2.75, 3.05) is 77.6 Å². The summed E-state index contributed by atoms with van der Waals surface area (Å²) >= 11 is 1.72. The number of benzene rings is 1. The van der Waals surface area contributed by atoms with Crippen LogP contribution in [0.3, 0.4) is 0 Å². The van der Waals surface area contributed by atoms with Gasteiger partial charge in [0.15, 0.2) is 0 Å². The van der Waals surface area contributed by atoms with E-state index in [1.54, 1.807) is 23.5 Å². The van der Waals surface area contributed by atoms with Gasteiger partial charge in [-0.1, -0.05) is 18.2 Å². The molecule has 0 N–H and O–H groups in total. The summed E-state index contributed by atoms with van der Waals surface area (Å²) in [5.41, 5.74) is 4.57. The predicted molar refractivity (Wildman–Crippen MR) is 179 cm³/mol. The Bertz CT molecular complexity index is 1520. The molecule has 1 aromatic heterocycles. The first-order valence-electron chi connectivity index (χ1n) is 16.3. The Labute approximate surface area is 283 Å². The van der Waals surface area contributed by atoms with Crippen LogP contribution in [0, 0.1) is 25.7 Å². The van der Waals surface area contributed by atoms with Crippen LogP contribution in [0.25, 0.3) is 0 Å². The van der Waals surface area contributed by atoms with E-state index in [-0.39, 0.29) is 18.4 Å². The van der Waals surface area contributed by atoms with E-state index in [2.05, 4.69) is 13.8 Å². The molecule has 4 aliphatic heterocycles. The smallest absolute Gasteiger partial charge is 0.239 e. The number of rotatable bonds is 1. The highest BCUT2D eigenvalue weighted by Gasteiger charge is 2.78. The highest BCUT2D eigenvalue weighted by atomic mass is 32.2. The number of aryl methyl sites for hydroxylation is 2. The first-order chi connectivity index (χ1) is 22.7. The largest absolute Gasteiger partial charge is 0.377 e. The molecule has 0 saturated carbocycles. The van der Waals surface area contributed by atoms with Crippen molar-refractivity contribution in [2.24, 2.45) is 11.8 Å². The number of nitrogens with zero attached hydrogens (tertiary/aromatic N) is 1. The second-order valence-electron chi connectivity index (χ2n) is 12.6. The zero-order valence-corrected chi connectivity index (χ0v) is 29.3. The Kier molecular flexibility index (Phi) is 10.8. The number of carbonyl (C=O) groups excluding carboxylic acids is 2. The number of imide groups is 1. The molecule has 256 valence electrons. The van der Waals surface area contributed by atoms with Gasteiger partial charge in [0.05, 0.1) is 106 Å². The van der Waals surface area contributed by atoms with Gasteiger partial charge >= 0.3 is 0 Å². The molecule has 0 radical (unpaired) electrons. The summed E-state index contributed by atoms with van der Waals surface area (Å²) in [6.45, 7) is 13.0. The Morgan fingerprint density at radius 1 is 0.660 bits per heavy atom. The molecule has 4 aliphatic rings. The fraction of sp³-hybridized carbons (Fsp3) is 0.600. The van der Waals surface area contributed by atoms with Crippen LogP contribution in [0.2, 0.25) is 0 Å². The van der Waals surface area contributed by atoms with Crippen LogP contribution in [-0.4, -0.2) is 98.2 Å². The first-order valence-corrected chi connectivity index (χ1v) is 18.3. The van der Waals surface area contributed by atoms with Crippen LogP contribution in [0.4, 0.5) is 5.69 Å². The van der Waals surface area contributed by atoms with Crippen molar-refractivity contribution >= 4 is 39.6 Å². The lowest BCUT2D eigenvalue weighted by Crippen LogP contribution is -2.44. The molecule has 6 rings (SSSR count). The van der Waals surface area contributed by atoms with E-state index in [1.165, 1.54) is 4.90 Å². The second-order valence-corrected chi connectivity index (χ2v) is 16.3. The SMILES string of the molecule is Cc1sc(C)c2c1COCCOCCOCCOCCOCCOCC1=C(C2)[C@]2(C)C3C(=O)N(c4ccccc4)C(=O)C3[C@@]1(C)S2=O. The minimum Gasteiger partial charge on any atom is -0.377 e. The van der Waals surface area contributed by atoms with Gasteiger partial charge in [-0.15, -0.1) is 11.3 Å². The summed E-state index contributed by atoms with van der Waals surface area (Å²) in [5, 5.41) is 0. The van der Waals surface area contributed by atoms with Crippen LogP contribution in [0.5, 0.6) is 0 Å². The summed E-state index contributed by atoms with van der Waals surface area (Å²) in [6.07, 6.45) is 0.503. The maximum absolute atomic E-state index is 14.7. The number of amides is 2. The van der Waals surface area contributed by atoms with Crippen LogP contribution in [-0.2, 0) is 61.8 Å². The summed E-state index contributed by atoms with van der Waals surface area (Å²) in [4.78, 5) is 32.0. The Morgan fingerprint density at radius 3 is 1.64 bits per heavy atom. The third-order valence-corrected chi connectivity index (χ3v) is 13.7. The fourth-order valence-corrected chi connectivity index (χ4v) is 11.4. The highest BCUT2D eigenvalue weighted by Crippen LogP contribution is 2.66. The van der Waals surface area contributed by atoms with Crippen molar-refractivity contribution in [1.29, 1.82) is 0 Å². The number of fused-ring (bicyclic) bond motifs is 8. The fourth-order valence-electron chi connectivity index (χ4n) is 7.71. The normalized spacial score (nSPS) is 31.9. The van der Waals surface area contributed by atoms with E-state index in [9.17, 15) is 13.8 Å². The summed E-state index contributed by atoms with van der Waals surface area (Å²) in [5.74, 6) is -2.04. The van der Waals surface area contributed by atoms with Crippen molar-refractivity contribution in [3.05, 3.63) is 62.4 Å². The minimum absolute atomic E-state index is 0.200. The lowest BCUT2D eigenvalue weighted by atomic mass is 9.64. The van der Waals surface area contributed by atoms with Gasteiger partial charge in [-0.05, 0) is 68.5 Å². The average molecular weight is 688 g/mol. The number of carbonyl (C=O) groups is 2. The Hall–Kier alpha value is -2.29. The van der Waals surface area contributed by atoms with Crippen LogP contribution in [0.15, 0.2) is 41.5 Å². The molecule has 3 unspecified atom stereocenters. The monoisotopic (exact) mass is 687 g/mol. The summed E-state index contributed by atoms with van der Waals surface area (Å²) < 4.78 is 47.4. The quantitative estimate of drug-likeness (QED) is 0.326. The molecule has 5 heterocycles. The van der Waals surface area contributed by atoms with Crippen LogP contribution < -0.4 is 4.90 Å². The molecule has 0 spiro atoms. The van der Waals surface area contributed by atoms with Gasteiger partial charge in [0, 0.05) is 20.6 Å². The lowest BCUT2D eigenvalue weighted by Gasteiger charge is -2.35. The molecule has 2 amide bonds. The third kappa shape index (κ3) is 6.20. The van der Waals surface area contributed by atoms with Gasteiger partial charge < -0.3 is 28.4 Å². The molecule has 2 bridgehead atoms. The van der Waals surface area contributed by atoms with Gasteiger partial charge in [0.2, 0.25) is 11.8 Å². The van der Waals surface area contributed by atoms with Crippen molar-refractivity contribution in [3.63, 3.8) is 0 Å². The van der Waals surface area contributed by atoms with Gasteiger partial charge in [-0.2, -0.15) is 0 Å². The van der Waals surface area contributed by atoms with E-state index in [0.717, 1.165) is 32.0 Å². The summed E-state index contributed by atoms with van der Waals surface area (Å²) in [6, 6.07) is 9.04. The average Bonchev–Trinajstić information content (AvgIpc) is 3.61. The van der Waals surface area contributed by atoms with Crippen LogP contribution in [0.1, 0.15) is 34.7 Å². The number of ether oxygens (including phenoxy) is 6. The molecule has 0 aliphatic carbocycles. The molecular weight excluding hydrogens is 643 g/mol. The summed E-state index contributed by atoms with van der Waals surface area (Å²) in [7, 11) is -1.54. The molecule has 1 aromatic carbocycles. The van der Waals surface area contributed by atoms with E-state index in [4.69, 9.17) is 28.4 Å². The minimum atomic E-state index is -1.54. The molecule has 12 heteroatoms. The zero-order valence-electron chi connectivity index (χ0n) is 27.7. The first kappa shape index (κ1) is 34.6. The second kappa shape index (κ2) is 14.7.